The first-order chi connectivity index (χ1) is 9.93. The summed E-state index contributed by atoms with van der Waals surface area (Å²) in [7, 11) is 1.18. The van der Waals surface area contributed by atoms with Crippen LogP contribution in [-0.4, -0.2) is 61.7 Å². The topological polar surface area (TPSA) is 125 Å². The van der Waals surface area contributed by atoms with Gasteiger partial charge in [-0.25, -0.2) is 9.59 Å². The minimum atomic E-state index is -1.09. The highest BCUT2D eigenvalue weighted by atomic mass is 16.5. The Morgan fingerprint density at radius 1 is 1.52 bits per heavy atom. The van der Waals surface area contributed by atoms with Gasteiger partial charge in [0.2, 0.25) is 0 Å². The number of aromatic nitrogens is 2. The maximum atomic E-state index is 11.9. The second-order valence-electron chi connectivity index (χ2n) is 4.78. The SMILES string of the molecule is COC(=O)C1c2nn(CC(=O)O)cc2[C@H]2CN1C(=O)N2O. The summed E-state index contributed by atoms with van der Waals surface area (Å²) >= 11 is 0. The third kappa shape index (κ3) is 1.83. The molecule has 1 aromatic rings. The molecule has 10 nitrogen and oxygen atoms in total. The van der Waals surface area contributed by atoms with Crippen molar-refractivity contribution in [1.82, 2.24) is 19.7 Å². The van der Waals surface area contributed by atoms with E-state index in [-0.39, 0.29) is 18.8 Å². The van der Waals surface area contributed by atoms with Crippen LogP contribution in [0.15, 0.2) is 6.20 Å². The Balaban J connectivity index is 2.08. The molecule has 2 aliphatic heterocycles. The number of hydroxylamine groups is 2. The number of esters is 1. The first-order valence-electron chi connectivity index (χ1n) is 6.09. The van der Waals surface area contributed by atoms with E-state index in [4.69, 9.17) is 5.11 Å². The van der Waals surface area contributed by atoms with E-state index in [0.29, 0.717) is 10.6 Å². The Labute approximate surface area is 118 Å². The average molecular weight is 296 g/mol. The second kappa shape index (κ2) is 4.45. The first kappa shape index (κ1) is 13.4. The number of fused-ring (bicyclic) bond motifs is 4. The van der Waals surface area contributed by atoms with Crippen LogP contribution >= 0.6 is 0 Å². The van der Waals surface area contributed by atoms with Gasteiger partial charge >= 0.3 is 18.0 Å². The number of ether oxygens (including phenoxy) is 1. The minimum absolute atomic E-state index is 0.112. The van der Waals surface area contributed by atoms with E-state index < -0.39 is 30.1 Å². The van der Waals surface area contributed by atoms with Crippen molar-refractivity contribution in [1.29, 1.82) is 0 Å². The highest BCUT2D eigenvalue weighted by molar-refractivity contribution is 5.87. The van der Waals surface area contributed by atoms with Crippen molar-refractivity contribution in [3.8, 4) is 0 Å². The van der Waals surface area contributed by atoms with Crippen LogP contribution < -0.4 is 0 Å². The third-order valence-corrected chi connectivity index (χ3v) is 3.58. The van der Waals surface area contributed by atoms with Gasteiger partial charge in [0.25, 0.3) is 0 Å². The number of aliphatic carboxylic acids is 1. The fourth-order valence-corrected chi connectivity index (χ4v) is 2.69. The van der Waals surface area contributed by atoms with E-state index in [0.717, 1.165) is 9.58 Å². The summed E-state index contributed by atoms with van der Waals surface area (Å²) < 4.78 is 5.83. The Kier molecular flexibility index (Phi) is 2.83. The van der Waals surface area contributed by atoms with Crippen molar-refractivity contribution >= 4 is 18.0 Å². The molecule has 1 unspecified atom stereocenters. The molecule has 0 spiro atoms. The quantitative estimate of drug-likeness (QED) is 0.561. The molecule has 1 fully saturated rings. The zero-order valence-corrected chi connectivity index (χ0v) is 11.0. The van der Waals surface area contributed by atoms with E-state index in [1.165, 1.54) is 13.3 Å². The molecule has 3 heterocycles. The predicted octanol–water partition coefficient (Wildman–Crippen LogP) is -0.637. The summed E-state index contributed by atoms with van der Waals surface area (Å²) in [6, 6.07) is -2.46. The number of urea groups is 1. The van der Waals surface area contributed by atoms with Crippen LogP contribution in [0, 0.1) is 0 Å². The number of carbonyl (C=O) groups excluding carboxylic acids is 2. The van der Waals surface area contributed by atoms with Gasteiger partial charge in [-0.05, 0) is 0 Å². The molecule has 3 rings (SSSR count). The Morgan fingerprint density at radius 2 is 2.24 bits per heavy atom. The molecule has 0 aromatic carbocycles. The summed E-state index contributed by atoms with van der Waals surface area (Å²) in [5.74, 6) is -1.79. The van der Waals surface area contributed by atoms with E-state index in [1.54, 1.807) is 0 Å². The number of carboxylic acids is 1. The summed E-state index contributed by atoms with van der Waals surface area (Å²) in [6.07, 6.45) is 1.42. The smallest absolute Gasteiger partial charge is 0.345 e. The second-order valence-corrected chi connectivity index (χ2v) is 4.78. The van der Waals surface area contributed by atoms with Crippen LogP contribution in [0.1, 0.15) is 23.3 Å². The Hall–Kier alpha value is -2.62. The van der Waals surface area contributed by atoms with Crippen molar-refractivity contribution in [2.45, 2.75) is 18.6 Å². The molecule has 112 valence electrons. The molecular weight excluding hydrogens is 284 g/mol. The van der Waals surface area contributed by atoms with Gasteiger partial charge in [0.15, 0.2) is 6.04 Å². The molecule has 0 saturated carbocycles. The van der Waals surface area contributed by atoms with Crippen molar-refractivity contribution in [2.75, 3.05) is 13.7 Å². The zero-order chi connectivity index (χ0) is 15.3. The number of amides is 2. The molecule has 0 radical (unpaired) electrons. The Morgan fingerprint density at radius 3 is 2.86 bits per heavy atom. The third-order valence-electron chi connectivity index (χ3n) is 3.58. The standard InChI is InChI=1S/C11H12N4O6/c1-21-10(18)9-8-5(2-13(12-8)4-7(16)17)6-3-14(9)11(19)15(6)20/h2,6,9,20H,3-4H2,1H3,(H,16,17)/t6-,9?/m1/s1. The predicted molar refractivity (Wildman–Crippen MR) is 63.1 cm³/mol. The van der Waals surface area contributed by atoms with E-state index in [9.17, 15) is 19.6 Å². The number of carbonyl (C=O) groups is 3. The largest absolute Gasteiger partial charge is 0.480 e. The molecule has 2 N–H and O–H groups in total. The van der Waals surface area contributed by atoms with E-state index in [1.807, 2.05) is 0 Å². The lowest BCUT2D eigenvalue weighted by Crippen LogP contribution is -2.39. The van der Waals surface area contributed by atoms with Gasteiger partial charge in [-0.15, -0.1) is 0 Å². The zero-order valence-electron chi connectivity index (χ0n) is 11.0. The molecule has 0 aliphatic carbocycles. The molecule has 1 saturated heterocycles. The number of nitrogens with zero attached hydrogens (tertiary/aromatic N) is 4. The van der Waals surface area contributed by atoms with Crippen LogP contribution in [0.25, 0.3) is 0 Å². The maximum absolute atomic E-state index is 11.9. The summed E-state index contributed by atoms with van der Waals surface area (Å²) in [5, 5.41) is 23.2. The number of hydrogen-bond donors (Lipinski definition) is 2. The lowest BCUT2D eigenvalue weighted by molar-refractivity contribution is -0.146. The number of carboxylic acid groups (broad SMARTS) is 1. The fourth-order valence-electron chi connectivity index (χ4n) is 2.69. The summed E-state index contributed by atoms with van der Waals surface area (Å²) in [4.78, 5) is 35.7. The van der Waals surface area contributed by atoms with Crippen molar-refractivity contribution in [3.05, 3.63) is 17.5 Å². The maximum Gasteiger partial charge on any atom is 0.345 e. The molecule has 1 aromatic heterocycles. The van der Waals surface area contributed by atoms with Gasteiger partial charge in [-0.3, -0.25) is 14.7 Å². The van der Waals surface area contributed by atoms with Crippen LogP contribution in [0.4, 0.5) is 4.79 Å². The minimum Gasteiger partial charge on any atom is -0.480 e. The van der Waals surface area contributed by atoms with Gasteiger partial charge in [-0.2, -0.15) is 10.2 Å². The number of hydrogen-bond acceptors (Lipinski definition) is 6. The highest BCUT2D eigenvalue weighted by Crippen LogP contribution is 2.42. The van der Waals surface area contributed by atoms with Crippen molar-refractivity contribution in [2.24, 2.45) is 0 Å². The van der Waals surface area contributed by atoms with Gasteiger partial charge in [0, 0.05) is 11.8 Å². The monoisotopic (exact) mass is 296 g/mol. The van der Waals surface area contributed by atoms with Crippen molar-refractivity contribution < 1.29 is 29.4 Å². The average Bonchev–Trinajstić information content (AvgIpc) is 2.94. The van der Waals surface area contributed by atoms with Gasteiger partial charge < -0.3 is 14.7 Å². The van der Waals surface area contributed by atoms with E-state index in [2.05, 4.69) is 9.84 Å². The summed E-state index contributed by atoms with van der Waals surface area (Å²) in [5.41, 5.74) is 0.667. The molecule has 10 heteroatoms. The molecule has 2 bridgehead atoms. The van der Waals surface area contributed by atoms with Crippen LogP contribution in [0.2, 0.25) is 0 Å². The lowest BCUT2D eigenvalue weighted by Gasteiger charge is -2.27. The van der Waals surface area contributed by atoms with Gasteiger partial charge in [-0.1, -0.05) is 0 Å². The highest BCUT2D eigenvalue weighted by Gasteiger charge is 2.52. The molecular formula is C11H12N4O6. The molecule has 2 amide bonds. The van der Waals surface area contributed by atoms with Crippen LogP contribution in [-0.2, 0) is 20.9 Å². The summed E-state index contributed by atoms with van der Waals surface area (Å²) in [6.45, 7) is -0.270. The van der Waals surface area contributed by atoms with E-state index >= 15 is 0 Å². The van der Waals surface area contributed by atoms with Gasteiger partial charge in [0.1, 0.15) is 18.3 Å². The number of rotatable bonds is 3. The van der Waals surface area contributed by atoms with Crippen LogP contribution in [0.3, 0.4) is 0 Å². The van der Waals surface area contributed by atoms with Crippen LogP contribution in [0.5, 0.6) is 0 Å². The number of methoxy groups -OCH3 is 1. The van der Waals surface area contributed by atoms with Crippen molar-refractivity contribution in [3.63, 3.8) is 0 Å². The normalized spacial score (nSPS) is 23.2. The molecule has 2 aliphatic rings. The first-order valence-corrected chi connectivity index (χ1v) is 6.09. The Bertz CT molecular complexity index is 641. The lowest BCUT2D eigenvalue weighted by atomic mass is 9.98. The molecule has 21 heavy (non-hydrogen) atoms. The fraction of sp³-hybridized carbons (Fsp3) is 0.455. The van der Waals surface area contributed by atoms with Gasteiger partial charge in [0.05, 0.1) is 13.7 Å². The molecule has 2 atom stereocenters.